The molecule has 1 atom stereocenters. The van der Waals surface area contributed by atoms with E-state index in [1.54, 1.807) is 38.3 Å². The molecule has 4 nitrogen and oxygen atoms in total. The maximum Gasteiger partial charge on any atom is 0.255 e. The number of hydrogen-bond donors (Lipinski definition) is 2. The largest absolute Gasteiger partial charge is 0.389 e. The van der Waals surface area contributed by atoms with E-state index in [9.17, 15) is 9.90 Å². The van der Waals surface area contributed by atoms with E-state index in [1.807, 2.05) is 24.3 Å². The van der Waals surface area contributed by atoms with Crippen molar-refractivity contribution in [3.63, 3.8) is 0 Å². The third-order valence-corrected chi connectivity index (χ3v) is 3.19. The van der Waals surface area contributed by atoms with E-state index in [4.69, 9.17) is 4.74 Å². The first-order valence-electron chi connectivity index (χ1n) is 6.78. The topological polar surface area (TPSA) is 58.6 Å². The minimum absolute atomic E-state index is 0.202. The molecule has 2 aromatic carbocycles. The monoisotopic (exact) mass is 285 g/mol. The van der Waals surface area contributed by atoms with Crippen LogP contribution in [0.3, 0.4) is 0 Å². The molecule has 2 rings (SSSR count). The van der Waals surface area contributed by atoms with E-state index in [0.717, 1.165) is 5.56 Å². The first kappa shape index (κ1) is 15.2. The number of para-hydroxylation sites is 1. The zero-order valence-electron chi connectivity index (χ0n) is 12.2. The van der Waals surface area contributed by atoms with Crippen molar-refractivity contribution < 1.29 is 14.6 Å². The number of amides is 1. The number of methoxy groups -OCH3 is 1. The predicted molar refractivity (Wildman–Crippen MR) is 82.2 cm³/mol. The Morgan fingerprint density at radius 3 is 2.48 bits per heavy atom. The van der Waals surface area contributed by atoms with Gasteiger partial charge in [0.15, 0.2) is 0 Å². The summed E-state index contributed by atoms with van der Waals surface area (Å²) in [5.74, 6) is -0.202. The van der Waals surface area contributed by atoms with Crippen LogP contribution in [0, 0.1) is 0 Å². The zero-order chi connectivity index (χ0) is 15.2. The Morgan fingerprint density at radius 1 is 1.19 bits per heavy atom. The van der Waals surface area contributed by atoms with Crippen molar-refractivity contribution in [1.82, 2.24) is 0 Å². The van der Waals surface area contributed by atoms with Crippen LogP contribution in [0.5, 0.6) is 0 Å². The molecule has 0 saturated carbocycles. The fraction of sp³-hybridized carbons (Fsp3) is 0.235. The van der Waals surface area contributed by atoms with Crippen LogP contribution in [0.25, 0.3) is 0 Å². The summed E-state index contributed by atoms with van der Waals surface area (Å²) in [6, 6.07) is 14.5. The number of carbonyl (C=O) groups is 1. The van der Waals surface area contributed by atoms with Gasteiger partial charge in [0.1, 0.15) is 0 Å². The first-order chi connectivity index (χ1) is 10.1. The Morgan fingerprint density at radius 2 is 1.86 bits per heavy atom. The van der Waals surface area contributed by atoms with Crippen LogP contribution in [-0.2, 0) is 11.3 Å². The molecule has 0 spiro atoms. The molecule has 0 aliphatic carbocycles. The molecule has 110 valence electrons. The molecule has 0 fully saturated rings. The second-order valence-corrected chi connectivity index (χ2v) is 4.85. The summed E-state index contributed by atoms with van der Waals surface area (Å²) in [5.41, 5.74) is 2.90. The average Bonchev–Trinajstić information content (AvgIpc) is 2.48. The number of aliphatic hydroxyl groups excluding tert-OH is 1. The molecule has 1 unspecified atom stereocenters. The Balaban J connectivity index is 2.14. The van der Waals surface area contributed by atoms with Crippen LogP contribution in [-0.4, -0.2) is 18.1 Å². The highest BCUT2D eigenvalue weighted by Crippen LogP contribution is 2.22. The van der Waals surface area contributed by atoms with Crippen molar-refractivity contribution >= 4 is 11.6 Å². The summed E-state index contributed by atoms with van der Waals surface area (Å²) in [5, 5.41) is 12.5. The van der Waals surface area contributed by atoms with E-state index >= 15 is 0 Å². The molecule has 2 N–H and O–H groups in total. The lowest BCUT2D eigenvalue weighted by Gasteiger charge is -2.13. The van der Waals surface area contributed by atoms with Crippen molar-refractivity contribution in [3.05, 3.63) is 65.2 Å². The number of rotatable bonds is 5. The molecule has 0 aliphatic rings. The lowest BCUT2D eigenvalue weighted by Crippen LogP contribution is -2.14. The van der Waals surface area contributed by atoms with Gasteiger partial charge >= 0.3 is 0 Å². The van der Waals surface area contributed by atoms with Gasteiger partial charge in [-0.25, -0.2) is 0 Å². The molecule has 0 saturated heterocycles. The van der Waals surface area contributed by atoms with Crippen molar-refractivity contribution in [3.8, 4) is 0 Å². The summed E-state index contributed by atoms with van der Waals surface area (Å²) < 4.78 is 5.04. The summed E-state index contributed by atoms with van der Waals surface area (Å²) in [4.78, 5) is 12.2. The van der Waals surface area contributed by atoms with Gasteiger partial charge in [-0.2, -0.15) is 0 Å². The van der Waals surface area contributed by atoms with Crippen LogP contribution < -0.4 is 5.32 Å². The number of aliphatic hydroxyl groups is 1. The molecular weight excluding hydrogens is 266 g/mol. The van der Waals surface area contributed by atoms with Crippen molar-refractivity contribution in [2.45, 2.75) is 19.6 Å². The van der Waals surface area contributed by atoms with Gasteiger partial charge in [-0.15, -0.1) is 0 Å². The highest BCUT2D eigenvalue weighted by Gasteiger charge is 2.11. The van der Waals surface area contributed by atoms with Crippen molar-refractivity contribution in [2.24, 2.45) is 0 Å². The third-order valence-electron chi connectivity index (χ3n) is 3.19. The molecule has 1 amide bonds. The number of nitrogens with one attached hydrogen (secondary N) is 1. The number of carbonyl (C=O) groups excluding carboxylic acids is 1. The Bertz CT molecular complexity index is 606. The molecule has 0 bridgehead atoms. The van der Waals surface area contributed by atoms with E-state index in [-0.39, 0.29) is 5.91 Å². The molecule has 0 aromatic heterocycles. The number of anilines is 1. The van der Waals surface area contributed by atoms with Crippen LogP contribution >= 0.6 is 0 Å². The number of benzene rings is 2. The molecule has 4 heteroatoms. The van der Waals surface area contributed by atoms with E-state index in [1.165, 1.54) is 0 Å². The predicted octanol–water partition coefficient (Wildman–Crippen LogP) is 3.14. The van der Waals surface area contributed by atoms with E-state index in [2.05, 4.69) is 5.32 Å². The fourth-order valence-electron chi connectivity index (χ4n) is 2.09. The molecule has 2 aromatic rings. The van der Waals surface area contributed by atoms with Gasteiger partial charge in [0.2, 0.25) is 0 Å². The van der Waals surface area contributed by atoms with Gasteiger partial charge in [-0.1, -0.05) is 30.3 Å². The molecule has 0 radical (unpaired) electrons. The van der Waals surface area contributed by atoms with Gasteiger partial charge in [0.05, 0.1) is 12.7 Å². The Labute approximate surface area is 124 Å². The summed E-state index contributed by atoms with van der Waals surface area (Å²) in [6.07, 6.45) is -0.634. The standard InChI is InChI=1S/C17H19NO3/c1-12(19)15-5-3-4-6-16(15)18-17(20)14-9-7-13(8-10-14)11-21-2/h3-10,12,19H,11H2,1-2H3,(H,18,20). The Hall–Kier alpha value is -2.17. The summed E-state index contributed by atoms with van der Waals surface area (Å²) in [7, 11) is 1.63. The van der Waals surface area contributed by atoms with Gasteiger partial charge in [0, 0.05) is 23.9 Å². The minimum Gasteiger partial charge on any atom is -0.389 e. The normalized spacial score (nSPS) is 12.0. The second kappa shape index (κ2) is 7.02. The van der Waals surface area contributed by atoms with Gasteiger partial charge in [-0.3, -0.25) is 4.79 Å². The van der Waals surface area contributed by atoms with E-state index in [0.29, 0.717) is 23.4 Å². The van der Waals surface area contributed by atoms with Gasteiger partial charge in [-0.05, 0) is 30.7 Å². The van der Waals surface area contributed by atoms with Crippen molar-refractivity contribution in [2.75, 3.05) is 12.4 Å². The smallest absolute Gasteiger partial charge is 0.255 e. The second-order valence-electron chi connectivity index (χ2n) is 4.85. The van der Waals surface area contributed by atoms with Crippen LogP contribution in [0.4, 0.5) is 5.69 Å². The molecule has 21 heavy (non-hydrogen) atoms. The number of ether oxygens (including phenoxy) is 1. The quantitative estimate of drug-likeness (QED) is 0.887. The number of hydrogen-bond acceptors (Lipinski definition) is 3. The molecule has 0 aliphatic heterocycles. The molecular formula is C17H19NO3. The average molecular weight is 285 g/mol. The van der Waals surface area contributed by atoms with Gasteiger partial charge in [0.25, 0.3) is 5.91 Å². The van der Waals surface area contributed by atoms with Gasteiger partial charge < -0.3 is 15.2 Å². The molecule has 0 heterocycles. The highest BCUT2D eigenvalue weighted by atomic mass is 16.5. The summed E-state index contributed by atoms with van der Waals surface area (Å²) >= 11 is 0. The zero-order valence-corrected chi connectivity index (χ0v) is 12.2. The van der Waals surface area contributed by atoms with E-state index < -0.39 is 6.10 Å². The first-order valence-corrected chi connectivity index (χ1v) is 6.78. The van der Waals surface area contributed by atoms with Crippen LogP contribution in [0.15, 0.2) is 48.5 Å². The summed E-state index contributed by atoms with van der Waals surface area (Å²) in [6.45, 7) is 2.19. The Kier molecular flexibility index (Phi) is 5.09. The van der Waals surface area contributed by atoms with Crippen molar-refractivity contribution in [1.29, 1.82) is 0 Å². The fourth-order valence-corrected chi connectivity index (χ4v) is 2.09. The third kappa shape index (κ3) is 3.90. The highest BCUT2D eigenvalue weighted by molar-refractivity contribution is 6.04. The van der Waals surface area contributed by atoms with Crippen LogP contribution in [0.1, 0.15) is 34.5 Å². The lowest BCUT2D eigenvalue weighted by atomic mass is 10.1. The van der Waals surface area contributed by atoms with Crippen LogP contribution in [0.2, 0.25) is 0 Å². The maximum atomic E-state index is 12.2. The minimum atomic E-state index is -0.634. The SMILES string of the molecule is COCc1ccc(C(=O)Nc2ccccc2C(C)O)cc1. The maximum absolute atomic E-state index is 12.2. The lowest BCUT2D eigenvalue weighted by molar-refractivity contribution is 0.102.